The van der Waals surface area contributed by atoms with E-state index in [1.165, 1.54) is 0 Å². The molecule has 2 N–H and O–H groups in total. The second kappa shape index (κ2) is 8.34. The molecule has 0 radical (unpaired) electrons. The summed E-state index contributed by atoms with van der Waals surface area (Å²) in [7, 11) is 0. The zero-order valence-electron chi connectivity index (χ0n) is 15.3. The Morgan fingerprint density at radius 2 is 2.04 bits per heavy atom. The molecule has 2 aliphatic rings. The van der Waals surface area contributed by atoms with E-state index in [1.54, 1.807) is 6.92 Å². The molecule has 3 rings (SSSR count). The van der Waals surface area contributed by atoms with Gasteiger partial charge in [0.1, 0.15) is 6.04 Å². The van der Waals surface area contributed by atoms with Gasteiger partial charge in [-0.05, 0) is 50.3 Å². The van der Waals surface area contributed by atoms with E-state index in [9.17, 15) is 14.4 Å². The SMILES string of the molecule is C[C@@H](NC(=O)C1CCC1)C(=O)Nc1cccc(CN2CCCCC2=O)c1. The number of likely N-dealkylation sites (tertiary alicyclic amines) is 1. The number of rotatable bonds is 6. The fourth-order valence-electron chi connectivity index (χ4n) is 3.31. The van der Waals surface area contributed by atoms with Crippen LogP contribution in [0.3, 0.4) is 0 Å². The highest BCUT2D eigenvalue weighted by atomic mass is 16.2. The molecule has 1 aliphatic heterocycles. The average Bonchev–Trinajstić information content (AvgIpc) is 2.55. The first kappa shape index (κ1) is 18.4. The van der Waals surface area contributed by atoms with Crippen molar-refractivity contribution in [2.45, 2.75) is 58.0 Å². The minimum Gasteiger partial charge on any atom is -0.344 e. The molecule has 0 spiro atoms. The van der Waals surface area contributed by atoms with Gasteiger partial charge in [0.15, 0.2) is 0 Å². The Balaban J connectivity index is 1.54. The fourth-order valence-corrected chi connectivity index (χ4v) is 3.31. The summed E-state index contributed by atoms with van der Waals surface area (Å²) in [5.41, 5.74) is 1.67. The lowest BCUT2D eigenvalue weighted by Crippen LogP contribution is -2.45. The van der Waals surface area contributed by atoms with Crippen molar-refractivity contribution in [2.75, 3.05) is 11.9 Å². The van der Waals surface area contributed by atoms with E-state index >= 15 is 0 Å². The fraction of sp³-hybridized carbons (Fsp3) is 0.550. The topological polar surface area (TPSA) is 78.5 Å². The molecule has 1 saturated carbocycles. The number of amides is 3. The van der Waals surface area contributed by atoms with E-state index in [4.69, 9.17) is 0 Å². The number of anilines is 1. The largest absolute Gasteiger partial charge is 0.344 e. The van der Waals surface area contributed by atoms with Gasteiger partial charge in [-0.3, -0.25) is 14.4 Å². The van der Waals surface area contributed by atoms with Crippen LogP contribution in [0.5, 0.6) is 0 Å². The number of hydrogen-bond donors (Lipinski definition) is 2. The van der Waals surface area contributed by atoms with Crippen LogP contribution >= 0.6 is 0 Å². The van der Waals surface area contributed by atoms with Crippen molar-refractivity contribution in [1.82, 2.24) is 10.2 Å². The van der Waals surface area contributed by atoms with Crippen LogP contribution in [0.25, 0.3) is 0 Å². The molecule has 0 bridgehead atoms. The van der Waals surface area contributed by atoms with Gasteiger partial charge in [0, 0.05) is 31.1 Å². The summed E-state index contributed by atoms with van der Waals surface area (Å²) in [5.74, 6) is -0.00573. The number of nitrogens with zero attached hydrogens (tertiary/aromatic N) is 1. The third-order valence-electron chi connectivity index (χ3n) is 5.22. The predicted octanol–water partition coefficient (Wildman–Crippen LogP) is 2.44. The second-order valence-electron chi connectivity index (χ2n) is 7.32. The number of carbonyl (C=O) groups excluding carboxylic acids is 3. The zero-order valence-corrected chi connectivity index (χ0v) is 15.3. The van der Waals surface area contributed by atoms with Crippen molar-refractivity contribution in [3.8, 4) is 0 Å². The predicted molar refractivity (Wildman–Crippen MR) is 99.3 cm³/mol. The molecule has 3 amide bonds. The lowest BCUT2D eigenvalue weighted by Gasteiger charge is -2.27. The minimum absolute atomic E-state index is 0.0312. The molecule has 0 aromatic heterocycles. The van der Waals surface area contributed by atoms with Crippen molar-refractivity contribution >= 4 is 23.4 Å². The molecule has 140 valence electrons. The summed E-state index contributed by atoms with van der Waals surface area (Å²) in [6.07, 6.45) is 5.55. The molecule has 1 aromatic carbocycles. The van der Waals surface area contributed by atoms with Gasteiger partial charge in [0.05, 0.1) is 0 Å². The number of hydrogen-bond acceptors (Lipinski definition) is 3. The molecule has 6 heteroatoms. The summed E-state index contributed by atoms with van der Waals surface area (Å²) in [4.78, 5) is 38.1. The van der Waals surface area contributed by atoms with E-state index < -0.39 is 6.04 Å². The summed E-state index contributed by atoms with van der Waals surface area (Å²) in [6, 6.07) is 6.96. The first-order valence-electron chi connectivity index (χ1n) is 9.51. The first-order valence-corrected chi connectivity index (χ1v) is 9.51. The van der Waals surface area contributed by atoms with Crippen LogP contribution in [-0.4, -0.2) is 35.2 Å². The summed E-state index contributed by atoms with van der Waals surface area (Å²) in [6.45, 7) is 3.05. The highest BCUT2D eigenvalue weighted by molar-refractivity contribution is 5.97. The van der Waals surface area contributed by atoms with Gasteiger partial charge in [-0.25, -0.2) is 0 Å². The zero-order chi connectivity index (χ0) is 18.5. The van der Waals surface area contributed by atoms with Crippen LogP contribution in [0.1, 0.15) is 51.0 Å². The molecule has 1 saturated heterocycles. The molecule has 1 atom stereocenters. The molecular weight excluding hydrogens is 330 g/mol. The molecule has 2 fully saturated rings. The van der Waals surface area contributed by atoms with E-state index in [2.05, 4.69) is 10.6 Å². The summed E-state index contributed by atoms with van der Waals surface area (Å²) in [5, 5.41) is 5.64. The van der Waals surface area contributed by atoms with Gasteiger partial charge in [-0.2, -0.15) is 0 Å². The highest BCUT2D eigenvalue weighted by Crippen LogP contribution is 2.26. The van der Waals surface area contributed by atoms with Crippen molar-refractivity contribution in [1.29, 1.82) is 0 Å². The van der Waals surface area contributed by atoms with Gasteiger partial charge < -0.3 is 15.5 Å². The Labute approximate surface area is 154 Å². The Kier molecular flexibility index (Phi) is 5.91. The lowest BCUT2D eigenvalue weighted by molar-refractivity contribution is -0.133. The van der Waals surface area contributed by atoms with Crippen LogP contribution in [0, 0.1) is 5.92 Å². The Bertz CT molecular complexity index is 685. The number of benzene rings is 1. The molecule has 6 nitrogen and oxygen atoms in total. The summed E-state index contributed by atoms with van der Waals surface area (Å²) < 4.78 is 0. The summed E-state index contributed by atoms with van der Waals surface area (Å²) >= 11 is 0. The van der Waals surface area contributed by atoms with Gasteiger partial charge in [0.2, 0.25) is 17.7 Å². The highest BCUT2D eigenvalue weighted by Gasteiger charge is 2.27. The van der Waals surface area contributed by atoms with E-state index in [0.29, 0.717) is 18.7 Å². The van der Waals surface area contributed by atoms with Gasteiger partial charge in [0.25, 0.3) is 0 Å². The smallest absolute Gasteiger partial charge is 0.246 e. The Hall–Kier alpha value is -2.37. The quantitative estimate of drug-likeness (QED) is 0.821. The van der Waals surface area contributed by atoms with E-state index in [1.807, 2.05) is 29.2 Å². The maximum atomic E-state index is 12.3. The van der Waals surface area contributed by atoms with E-state index in [-0.39, 0.29) is 23.6 Å². The van der Waals surface area contributed by atoms with Gasteiger partial charge in [-0.15, -0.1) is 0 Å². The number of carbonyl (C=O) groups is 3. The number of piperidine rings is 1. The number of nitrogens with one attached hydrogen (secondary N) is 2. The molecule has 1 heterocycles. The van der Waals surface area contributed by atoms with Crippen molar-refractivity contribution in [3.63, 3.8) is 0 Å². The van der Waals surface area contributed by atoms with Crippen LogP contribution in [0.15, 0.2) is 24.3 Å². The standard InChI is InChI=1S/C20H27N3O3/c1-14(21-20(26)16-7-5-8-16)19(25)22-17-9-4-6-15(12-17)13-23-11-3-2-10-18(23)24/h4,6,9,12,14,16H,2-3,5,7-8,10-11,13H2,1H3,(H,21,26)(H,22,25)/t14-/m1/s1. The van der Waals surface area contributed by atoms with Gasteiger partial charge >= 0.3 is 0 Å². The van der Waals surface area contributed by atoms with Crippen LogP contribution < -0.4 is 10.6 Å². The second-order valence-corrected chi connectivity index (χ2v) is 7.32. The Morgan fingerprint density at radius 1 is 1.23 bits per heavy atom. The molecular formula is C20H27N3O3. The Morgan fingerprint density at radius 3 is 2.73 bits per heavy atom. The van der Waals surface area contributed by atoms with Crippen LogP contribution in [0.2, 0.25) is 0 Å². The maximum Gasteiger partial charge on any atom is 0.246 e. The van der Waals surface area contributed by atoms with E-state index in [0.717, 1.165) is 44.2 Å². The normalized spacial score (nSPS) is 18.8. The average molecular weight is 357 g/mol. The van der Waals surface area contributed by atoms with Crippen molar-refractivity contribution in [2.24, 2.45) is 5.92 Å². The first-order chi connectivity index (χ1) is 12.5. The third-order valence-corrected chi connectivity index (χ3v) is 5.22. The molecule has 0 unspecified atom stereocenters. The minimum atomic E-state index is -0.574. The molecule has 26 heavy (non-hydrogen) atoms. The van der Waals surface area contributed by atoms with Crippen molar-refractivity contribution < 1.29 is 14.4 Å². The van der Waals surface area contributed by atoms with Gasteiger partial charge in [-0.1, -0.05) is 18.6 Å². The molecule has 1 aromatic rings. The van der Waals surface area contributed by atoms with Crippen molar-refractivity contribution in [3.05, 3.63) is 29.8 Å². The maximum absolute atomic E-state index is 12.3. The molecule has 1 aliphatic carbocycles. The monoisotopic (exact) mass is 357 g/mol. The third kappa shape index (κ3) is 4.62. The van der Waals surface area contributed by atoms with Crippen LogP contribution in [0.4, 0.5) is 5.69 Å². The lowest BCUT2D eigenvalue weighted by atomic mass is 9.84. The van der Waals surface area contributed by atoms with Crippen LogP contribution in [-0.2, 0) is 20.9 Å².